The Morgan fingerprint density at radius 3 is 3.05 bits per heavy atom. The summed E-state index contributed by atoms with van der Waals surface area (Å²) in [5.74, 6) is 1.81. The van der Waals surface area contributed by atoms with Gasteiger partial charge in [0.05, 0.1) is 5.56 Å². The minimum atomic E-state index is 0.487. The molecule has 1 fully saturated rings. The van der Waals surface area contributed by atoms with Gasteiger partial charge in [-0.3, -0.25) is 0 Å². The Morgan fingerprint density at radius 2 is 2.30 bits per heavy atom. The number of nitrogens with zero attached hydrogens (tertiary/aromatic N) is 2. The van der Waals surface area contributed by atoms with Crippen LogP contribution >= 0.6 is 12.2 Å². The fourth-order valence-electron chi connectivity index (χ4n) is 3.47. The van der Waals surface area contributed by atoms with Gasteiger partial charge in [-0.25, -0.2) is 4.98 Å². The highest BCUT2D eigenvalue weighted by Gasteiger charge is 2.25. The minimum Gasteiger partial charge on any atom is -0.389 e. The third kappa shape index (κ3) is 2.53. The summed E-state index contributed by atoms with van der Waals surface area (Å²) in [7, 11) is 0. The van der Waals surface area contributed by atoms with Crippen molar-refractivity contribution >= 4 is 23.0 Å². The molecule has 2 heterocycles. The summed E-state index contributed by atoms with van der Waals surface area (Å²) in [5.41, 5.74) is 9.54. The van der Waals surface area contributed by atoms with Gasteiger partial charge in [-0.1, -0.05) is 25.6 Å². The van der Waals surface area contributed by atoms with Crippen LogP contribution in [0.5, 0.6) is 0 Å². The molecule has 1 aromatic heterocycles. The molecule has 1 atom stereocenters. The van der Waals surface area contributed by atoms with Crippen LogP contribution in [-0.2, 0) is 12.8 Å². The third-order valence-electron chi connectivity index (χ3n) is 4.69. The van der Waals surface area contributed by atoms with E-state index in [-0.39, 0.29) is 0 Å². The molecule has 1 aromatic rings. The Balaban J connectivity index is 1.97. The van der Waals surface area contributed by atoms with E-state index in [1.807, 2.05) is 0 Å². The van der Waals surface area contributed by atoms with Gasteiger partial charge in [-0.2, -0.15) is 0 Å². The number of piperidine rings is 1. The summed E-state index contributed by atoms with van der Waals surface area (Å²) >= 11 is 5.26. The number of pyridine rings is 1. The van der Waals surface area contributed by atoms with E-state index in [0.717, 1.165) is 43.2 Å². The van der Waals surface area contributed by atoms with Crippen molar-refractivity contribution in [3.05, 3.63) is 22.9 Å². The molecule has 2 N–H and O–H groups in total. The molecule has 0 aromatic carbocycles. The van der Waals surface area contributed by atoms with Gasteiger partial charge in [0, 0.05) is 18.8 Å². The molecule has 0 saturated carbocycles. The zero-order chi connectivity index (χ0) is 14.1. The first-order valence-electron chi connectivity index (χ1n) is 7.76. The Morgan fingerprint density at radius 1 is 1.45 bits per heavy atom. The van der Waals surface area contributed by atoms with Crippen molar-refractivity contribution in [3.8, 4) is 0 Å². The number of fused-ring (bicyclic) bond motifs is 1. The van der Waals surface area contributed by atoms with Crippen molar-refractivity contribution in [1.82, 2.24) is 4.98 Å². The number of anilines is 1. The van der Waals surface area contributed by atoms with Crippen molar-refractivity contribution < 1.29 is 0 Å². The Bertz CT molecular complexity index is 527. The van der Waals surface area contributed by atoms with Gasteiger partial charge in [0.1, 0.15) is 10.8 Å². The van der Waals surface area contributed by atoms with Crippen LogP contribution in [0, 0.1) is 5.92 Å². The molecule has 1 saturated heterocycles. The lowest BCUT2D eigenvalue weighted by atomic mass is 9.95. The molecule has 0 amide bonds. The van der Waals surface area contributed by atoms with Crippen LogP contribution in [0.3, 0.4) is 0 Å². The Hall–Kier alpha value is -1.16. The van der Waals surface area contributed by atoms with E-state index in [1.165, 1.54) is 36.9 Å². The number of aryl methyl sites for hydroxylation is 2. The second-order valence-electron chi connectivity index (χ2n) is 6.05. The van der Waals surface area contributed by atoms with Gasteiger partial charge in [0.25, 0.3) is 0 Å². The van der Waals surface area contributed by atoms with Crippen LogP contribution in [0.2, 0.25) is 0 Å². The number of nitrogens with two attached hydrogens (primary N) is 1. The first kappa shape index (κ1) is 13.8. The highest BCUT2D eigenvalue weighted by molar-refractivity contribution is 7.80. The topological polar surface area (TPSA) is 42.2 Å². The van der Waals surface area contributed by atoms with E-state index >= 15 is 0 Å². The molecule has 1 unspecified atom stereocenters. The highest BCUT2D eigenvalue weighted by atomic mass is 32.1. The third-order valence-corrected chi connectivity index (χ3v) is 4.91. The normalized spacial score (nSPS) is 21.9. The maximum Gasteiger partial charge on any atom is 0.139 e. The van der Waals surface area contributed by atoms with Gasteiger partial charge >= 0.3 is 0 Å². The van der Waals surface area contributed by atoms with E-state index < -0.39 is 0 Å². The fourth-order valence-corrected chi connectivity index (χ4v) is 3.62. The summed E-state index contributed by atoms with van der Waals surface area (Å²) in [6, 6.07) is 2.20. The van der Waals surface area contributed by atoms with Crippen molar-refractivity contribution in [2.75, 3.05) is 18.0 Å². The van der Waals surface area contributed by atoms with E-state index in [2.05, 4.69) is 17.9 Å². The zero-order valence-corrected chi connectivity index (χ0v) is 13.0. The molecular weight excluding hydrogens is 266 g/mol. The van der Waals surface area contributed by atoms with Crippen LogP contribution in [0.4, 0.5) is 5.82 Å². The molecule has 108 valence electrons. The van der Waals surface area contributed by atoms with E-state index in [1.54, 1.807) is 0 Å². The van der Waals surface area contributed by atoms with Gasteiger partial charge in [-0.15, -0.1) is 0 Å². The maximum absolute atomic E-state index is 5.95. The average Bonchev–Trinajstić information content (AvgIpc) is 2.93. The number of hydrogen-bond acceptors (Lipinski definition) is 3. The lowest BCUT2D eigenvalue weighted by molar-refractivity contribution is 0.403. The molecule has 0 bridgehead atoms. The second kappa shape index (κ2) is 5.68. The zero-order valence-electron chi connectivity index (χ0n) is 12.2. The quantitative estimate of drug-likeness (QED) is 0.869. The van der Waals surface area contributed by atoms with Crippen LogP contribution in [0.15, 0.2) is 6.07 Å². The van der Waals surface area contributed by atoms with E-state index in [4.69, 9.17) is 22.9 Å². The molecule has 4 heteroatoms. The maximum atomic E-state index is 5.95. The van der Waals surface area contributed by atoms with E-state index in [9.17, 15) is 0 Å². The molecule has 2 aliphatic rings. The molecule has 0 radical (unpaired) electrons. The van der Waals surface area contributed by atoms with Gasteiger partial charge in [0.2, 0.25) is 0 Å². The van der Waals surface area contributed by atoms with Gasteiger partial charge in [0.15, 0.2) is 0 Å². The van der Waals surface area contributed by atoms with Crippen molar-refractivity contribution in [1.29, 1.82) is 0 Å². The number of rotatable bonds is 3. The summed E-state index contributed by atoms with van der Waals surface area (Å²) in [5, 5.41) is 0. The fraction of sp³-hybridized carbons (Fsp3) is 0.625. The van der Waals surface area contributed by atoms with Crippen LogP contribution in [-0.4, -0.2) is 23.1 Å². The monoisotopic (exact) mass is 289 g/mol. The molecule has 3 nitrogen and oxygen atoms in total. The van der Waals surface area contributed by atoms with E-state index in [0.29, 0.717) is 4.99 Å². The standard InChI is InChI=1S/C16H23N3S/c1-2-11-5-4-8-19(10-11)16-13(15(17)20)9-12-6-3-7-14(12)18-16/h9,11H,2-8,10H2,1H3,(H2,17,20). The molecule has 20 heavy (non-hydrogen) atoms. The number of hydrogen-bond donors (Lipinski definition) is 1. The predicted molar refractivity (Wildman–Crippen MR) is 87.4 cm³/mol. The smallest absolute Gasteiger partial charge is 0.139 e. The molecule has 0 spiro atoms. The van der Waals surface area contributed by atoms with Gasteiger partial charge < -0.3 is 10.6 Å². The Kier molecular flexibility index (Phi) is 3.92. The average molecular weight is 289 g/mol. The highest BCUT2D eigenvalue weighted by Crippen LogP contribution is 2.30. The number of aromatic nitrogens is 1. The van der Waals surface area contributed by atoms with Crippen molar-refractivity contribution in [2.24, 2.45) is 11.7 Å². The van der Waals surface area contributed by atoms with Crippen LogP contribution in [0.25, 0.3) is 0 Å². The van der Waals surface area contributed by atoms with Gasteiger partial charge in [-0.05, 0) is 49.7 Å². The van der Waals surface area contributed by atoms with Crippen LogP contribution in [0.1, 0.15) is 49.4 Å². The summed E-state index contributed by atoms with van der Waals surface area (Å²) < 4.78 is 0. The largest absolute Gasteiger partial charge is 0.389 e. The first-order chi connectivity index (χ1) is 9.69. The summed E-state index contributed by atoms with van der Waals surface area (Å²) in [4.78, 5) is 7.82. The Labute approximate surface area is 126 Å². The minimum absolute atomic E-state index is 0.487. The van der Waals surface area contributed by atoms with Crippen molar-refractivity contribution in [3.63, 3.8) is 0 Å². The van der Waals surface area contributed by atoms with Crippen LogP contribution < -0.4 is 10.6 Å². The molecule has 1 aliphatic heterocycles. The molecule has 1 aliphatic carbocycles. The summed E-state index contributed by atoms with van der Waals surface area (Å²) in [6.07, 6.45) is 7.25. The summed E-state index contributed by atoms with van der Waals surface area (Å²) in [6.45, 7) is 4.45. The molecular formula is C16H23N3S. The lowest BCUT2D eigenvalue weighted by Crippen LogP contribution is -2.37. The number of thiocarbonyl (C=S) groups is 1. The predicted octanol–water partition coefficient (Wildman–Crippen LogP) is 2.83. The van der Waals surface area contributed by atoms with Crippen molar-refractivity contribution in [2.45, 2.75) is 45.4 Å². The second-order valence-corrected chi connectivity index (χ2v) is 6.49. The molecule has 3 rings (SSSR count). The SMILES string of the molecule is CCC1CCCN(c2nc3c(cc2C(N)=S)CCC3)C1. The first-order valence-corrected chi connectivity index (χ1v) is 8.17. The lowest BCUT2D eigenvalue weighted by Gasteiger charge is -2.34.